The molecule has 122 valence electrons. The second kappa shape index (κ2) is 6.77. The third-order valence-electron chi connectivity index (χ3n) is 4.54. The number of benzene rings is 1. The van der Waals surface area contributed by atoms with Gasteiger partial charge in [0.05, 0.1) is 21.5 Å². The lowest BCUT2D eigenvalue weighted by molar-refractivity contribution is -0.128. The predicted molar refractivity (Wildman–Crippen MR) is 92.4 cm³/mol. The van der Waals surface area contributed by atoms with Crippen molar-refractivity contribution in [3.63, 3.8) is 0 Å². The molecule has 1 aromatic carbocycles. The maximum Gasteiger partial charge on any atom is 0.225 e. The molecule has 1 aliphatic rings. The van der Waals surface area contributed by atoms with E-state index in [4.69, 9.17) is 23.2 Å². The first-order valence-electron chi connectivity index (χ1n) is 7.67. The van der Waals surface area contributed by atoms with Crippen LogP contribution in [0.25, 0.3) is 0 Å². The van der Waals surface area contributed by atoms with E-state index in [1.165, 1.54) is 0 Å². The standard InChI is InChI=1S/C17H24Cl2N2O/c1-17(2,12-8-6-9-13(18)15(12)19)20-16(22)11-7-5-10-14(11)21(3)4/h6,8-9,11,14H,5,7,10H2,1-4H3,(H,20,22)/t11-,14-/m0/s1. The van der Waals surface area contributed by atoms with Gasteiger partial charge in [0.25, 0.3) is 0 Å². The van der Waals surface area contributed by atoms with Crippen LogP contribution >= 0.6 is 23.2 Å². The highest BCUT2D eigenvalue weighted by molar-refractivity contribution is 6.42. The van der Waals surface area contributed by atoms with Gasteiger partial charge in [-0.25, -0.2) is 0 Å². The van der Waals surface area contributed by atoms with Crippen molar-refractivity contribution in [3.8, 4) is 0 Å². The van der Waals surface area contributed by atoms with Crippen molar-refractivity contribution in [3.05, 3.63) is 33.8 Å². The normalized spacial score (nSPS) is 22.1. The number of halogens is 2. The Balaban J connectivity index is 2.18. The summed E-state index contributed by atoms with van der Waals surface area (Å²) in [6, 6.07) is 5.83. The van der Waals surface area contributed by atoms with Crippen molar-refractivity contribution >= 4 is 29.1 Å². The number of carbonyl (C=O) groups excluding carboxylic acids is 1. The number of hydrogen-bond acceptors (Lipinski definition) is 2. The molecule has 0 spiro atoms. The zero-order valence-corrected chi connectivity index (χ0v) is 15.1. The number of amides is 1. The fourth-order valence-corrected chi connectivity index (χ4v) is 3.86. The molecule has 1 aliphatic carbocycles. The summed E-state index contributed by atoms with van der Waals surface area (Å²) in [7, 11) is 4.07. The van der Waals surface area contributed by atoms with Crippen molar-refractivity contribution in [1.82, 2.24) is 10.2 Å². The fourth-order valence-electron chi connectivity index (χ4n) is 3.32. The molecule has 0 saturated heterocycles. The van der Waals surface area contributed by atoms with Crippen LogP contribution in [0.1, 0.15) is 38.7 Å². The van der Waals surface area contributed by atoms with Gasteiger partial charge in [0, 0.05) is 6.04 Å². The average Bonchev–Trinajstić information content (AvgIpc) is 2.90. The number of carbonyl (C=O) groups is 1. The van der Waals surface area contributed by atoms with E-state index in [0.717, 1.165) is 24.8 Å². The molecule has 0 bridgehead atoms. The van der Waals surface area contributed by atoms with Gasteiger partial charge in [-0.1, -0.05) is 41.8 Å². The van der Waals surface area contributed by atoms with E-state index < -0.39 is 5.54 Å². The molecule has 2 atom stereocenters. The van der Waals surface area contributed by atoms with Crippen molar-refractivity contribution in [2.24, 2.45) is 5.92 Å². The second-order valence-electron chi connectivity index (χ2n) is 6.78. The van der Waals surface area contributed by atoms with Crippen LogP contribution in [-0.2, 0) is 10.3 Å². The lowest BCUT2D eigenvalue weighted by Gasteiger charge is -2.32. The first-order valence-corrected chi connectivity index (χ1v) is 8.42. The molecule has 1 aromatic rings. The van der Waals surface area contributed by atoms with E-state index in [1.807, 2.05) is 40.1 Å². The summed E-state index contributed by atoms with van der Waals surface area (Å²) in [5.41, 5.74) is 0.285. The highest BCUT2D eigenvalue weighted by Crippen LogP contribution is 2.34. The molecule has 3 nitrogen and oxygen atoms in total. The predicted octanol–water partition coefficient (Wildman–Crippen LogP) is 4.08. The zero-order valence-electron chi connectivity index (χ0n) is 13.6. The van der Waals surface area contributed by atoms with Gasteiger partial charge in [0.1, 0.15) is 0 Å². The van der Waals surface area contributed by atoms with Gasteiger partial charge in [-0.15, -0.1) is 0 Å². The maximum atomic E-state index is 12.7. The highest BCUT2D eigenvalue weighted by atomic mass is 35.5. The summed E-state index contributed by atoms with van der Waals surface area (Å²) >= 11 is 12.4. The minimum Gasteiger partial charge on any atom is -0.347 e. The molecule has 1 fully saturated rings. The Morgan fingerprint density at radius 3 is 2.59 bits per heavy atom. The zero-order chi connectivity index (χ0) is 16.5. The Bertz CT molecular complexity index is 558. The third kappa shape index (κ3) is 3.58. The monoisotopic (exact) mass is 342 g/mol. The molecule has 1 saturated carbocycles. The summed E-state index contributed by atoms with van der Waals surface area (Å²) < 4.78 is 0. The van der Waals surface area contributed by atoms with Crippen LogP contribution < -0.4 is 5.32 Å². The molecule has 1 amide bonds. The largest absolute Gasteiger partial charge is 0.347 e. The van der Waals surface area contributed by atoms with Crippen molar-refractivity contribution in [2.45, 2.75) is 44.7 Å². The number of nitrogens with zero attached hydrogens (tertiary/aromatic N) is 1. The van der Waals surface area contributed by atoms with Gasteiger partial charge in [-0.2, -0.15) is 0 Å². The van der Waals surface area contributed by atoms with Crippen LogP contribution in [0.2, 0.25) is 10.0 Å². The van der Waals surface area contributed by atoms with Gasteiger partial charge in [-0.3, -0.25) is 4.79 Å². The van der Waals surface area contributed by atoms with E-state index >= 15 is 0 Å². The minimum absolute atomic E-state index is 0.0345. The summed E-state index contributed by atoms with van der Waals surface area (Å²) in [5, 5.41) is 4.17. The van der Waals surface area contributed by atoms with Gasteiger partial charge >= 0.3 is 0 Å². The SMILES string of the molecule is CN(C)[C@H]1CCC[C@@H]1C(=O)NC(C)(C)c1cccc(Cl)c1Cl. The Morgan fingerprint density at radius 1 is 1.27 bits per heavy atom. The van der Waals surface area contributed by atoms with E-state index in [9.17, 15) is 4.79 Å². The Hall–Kier alpha value is -0.770. The quantitative estimate of drug-likeness (QED) is 0.894. The van der Waals surface area contributed by atoms with Gasteiger partial charge in [0.15, 0.2) is 0 Å². The number of rotatable bonds is 4. The summed E-state index contributed by atoms with van der Waals surface area (Å²) in [4.78, 5) is 14.9. The lowest BCUT2D eigenvalue weighted by atomic mass is 9.92. The fraction of sp³-hybridized carbons (Fsp3) is 0.588. The molecule has 5 heteroatoms. The third-order valence-corrected chi connectivity index (χ3v) is 5.36. The van der Waals surface area contributed by atoms with E-state index in [0.29, 0.717) is 16.1 Å². The Morgan fingerprint density at radius 2 is 1.95 bits per heavy atom. The molecule has 0 aliphatic heterocycles. The molecule has 1 N–H and O–H groups in total. The molecular weight excluding hydrogens is 319 g/mol. The summed E-state index contributed by atoms with van der Waals surface area (Å²) in [5.74, 6) is 0.129. The van der Waals surface area contributed by atoms with Crippen molar-refractivity contribution in [2.75, 3.05) is 14.1 Å². The molecule has 0 unspecified atom stereocenters. The average molecular weight is 343 g/mol. The van der Waals surface area contributed by atoms with Crippen LogP contribution in [0.5, 0.6) is 0 Å². The Labute approximate surface area is 143 Å². The van der Waals surface area contributed by atoms with Crippen molar-refractivity contribution in [1.29, 1.82) is 0 Å². The first kappa shape index (κ1) is 17.6. The molecular formula is C17H24Cl2N2O. The molecule has 22 heavy (non-hydrogen) atoms. The van der Waals surface area contributed by atoms with Crippen LogP contribution in [0, 0.1) is 5.92 Å². The number of nitrogens with one attached hydrogen (secondary N) is 1. The Kier molecular flexibility index (Phi) is 5.41. The smallest absolute Gasteiger partial charge is 0.225 e. The van der Waals surface area contributed by atoms with Gasteiger partial charge in [0.2, 0.25) is 5.91 Å². The molecule has 0 heterocycles. The highest BCUT2D eigenvalue weighted by Gasteiger charge is 2.37. The van der Waals surface area contributed by atoms with Crippen LogP contribution in [-0.4, -0.2) is 30.9 Å². The molecule has 0 aromatic heterocycles. The van der Waals surface area contributed by atoms with Gasteiger partial charge in [-0.05, 0) is 52.4 Å². The maximum absolute atomic E-state index is 12.7. The topological polar surface area (TPSA) is 32.3 Å². The van der Waals surface area contributed by atoms with Crippen LogP contribution in [0.4, 0.5) is 0 Å². The van der Waals surface area contributed by atoms with Crippen molar-refractivity contribution < 1.29 is 4.79 Å². The lowest BCUT2D eigenvalue weighted by Crippen LogP contribution is -2.48. The number of hydrogen-bond donors (Lipinski definition) is 1. The van der Waals surface area contributed by atoms with E-state index in [2.05, 4.69) is 10.2 Å². The molecule has 2 rings (SSSR count). The summed E-state index contributed by atoms with van der Waals surface area (Å²) in [6.45, 7) is 3.92. The summed E-state index contributed by atoms with van der Waals surface area (Å²) in [6.07, 6.45) is 3.11. The molecule has 0 radical (unpaired) electrons. The second-order valence-corrected chi connectivity index (χ2v) is 7.57. The van der Waals surface area contributed by atoms with Crippen LogP contribution in [0.15, 0.2) is 18.2 Å². The van der Waals surface area contributed by atoms with Crippen LogP contribution in [0.3, 0.4) is 0 Å². The van der Waals surface area contributed by atoms with Gasteiger partial charge < -0.3 is 10.2 Å². The first-order chi connectivity index (χ1) is 10.2. The minimum atomic E-state index is -0.557. The van der Waals surface area contributed by atoms with E-state index in [-0.39, 0.29) is 11.8 Å². The van der Waals surface area contributed by atoms with E-state index in [1.54, 1.807) is 6.07 Å².